The van der Waals surface area contributed by atoms with Gasteiger partial charge < -0.3 is 5.48 Å². The molecular formula is CH13BOSi. The summed E-state index contributed by atoms with van der Waals surface area (Å²) in [5.74, 6) is 0. The molecule has 0 aromatic rings. The normalized spacial score (nSPS) is 0. The third-order valence-electron chi connectivity index (χ3n) is 0. The summed E-state index contributed by atoms with van der Waals surface area (Å²) >= 11 is 0. The van der Waals surface area contributed by atoms with Crippen LogP contribution in [0.25, 0.3) is 0 Å². The smallest absolute Gasteiger partial charge is 0.0814 e. The van der Waals surface area contributed by atoms with Crippen LogP contribution in [-0.2, 0) is 0 Å². The van der Waals surface area contributed by atoms with Gasteiger partial charge in [0.25, 0.3) is 0 Å². The van der Waals surface area contributed by atoms with Gasteiger partial charge in [0.2, 0.25) is 0 Å². The van der Waals surface area contributed by atoms with Crippen molar-refractivity contribution in [2.24, 2.45) is 0 Å². The lowest BCUT2D eigenvalue weighted by atomic mass is 10.8. The van der Waals surface area contributed by atoms with Crippen molar-refractivity contribution in [3.05, 3.63) is 0 Å². The van der Waals surface area contributed by atoms with E-state index in [-0.39, 0.29) is 32.3 Å². The summed E-state index contributed by atoms with van der Waals surface area (Å²) in [6.07, 6.45) is 0. The van der Waals surface area contributed by atoms with Gasteiger partial charge in [0.1, 0.15) is 0 Å². The first-order valence-electron chi connectivity index (χ1n) is 0. The standard InChI is InChI=1S/CH4.BH3.H2O.H4Si/h1H4;1H3;1H2;1H4. The van der Waals surface area contributed by atoms with Crippen LogP contribution in [0.3, 0.4) is 0 Å². The molecule has 0 aliphatic rings. The fourth-order valence-corrected chi connectivity index (χ4v) is 0. The third-order valence-corrected chi connectivity index (χ3v) is 0. The van der Waals surface area contributed by atoms with Crippen LogP contribution in [-0.4, -0.2) is 24.9 Å². The highest BCUT2D eigenvalue weighted by molar-refractivity contribution is 5.76. The molecular weight excluding hydrogens is 66.9 g/mol. The Morgan fingerprint density at radius 3 is 1.00 bits per heavy atom. The summed E-state index contributed by atoms with van der Waals surface area (Å²) in [5.41, 5.74) is 0. The fraction of sp³-hybridized carbons (Fsp3) is 1.00. The molecule has 0 aliphatic heterocycles. The summed E-state index contributed by atoms with van der Waals surface area (Å²) in [7, 11) is 0. The lowest BCUT2D eigenvalue weighted by Gasteiger charge is -0.412. The Kier molecular flexibility index (Phi) is 53100. The molecule has 0 aromatic heterocycles. The SMILES string of the molecule is B.C.O.[SiH4]. The van der Waals surface area contributed by atoms with Crippen LogP contribution in [0.1, 0.15) is 7.43 Å². The predicted molar refractivity (Wildman–Crippen MR) is 31.6 cm³/mol. The largest absolute Gasteiger partial charge is 0.412 e. The molecule has 0 heterocycles. The van der Waals surface area contributed by atoms with E-state index in [1.54, 1.807) is 0 Å². The Bertz CT molecular complexity index is 8.00. The van der Waals surface area contributed by atoms with Gasteiger partial charge in [-0.2, -0.15) is 0 Å². The minimum atomic E-state index is 0. The Morgan fingerprint density at radius 2 is 1.00 bits per heavy atom. The number of hydrogen-bond acceptors (Lipinski definition) is 0. The average molecular weight is 80.0 g/mol. The lowest BCUT2D eigenvalue weighted by Crippen LogP contribution is -0.382. The molecule has 0 spiro atoms. The Labute approximate surface area is 33.3 Å². The average Bonchev–Trinajstić information content (AvgIpc) is 0. The van der Waals surface area contributed by atoms with Crippen molar-refractivity contribution in [2.75, 3.05) is 0 Å². The van der Waals surface area contributed by atoms with E-state index in [0.717, 1.165) is 0 Å². The predicted octanol–water partition coefficient (Wildman–Crippen LogP) is -2.82. The Balaban J connectivity index is 0. The van der Waals surface area contributed by atoms with Crippen molar-refractivity contribution in [3.8, 4) is 0 Å². The summed E-state index contributed by atoms with van der Waals surface area (Å²) in [6.45, 7) is 0. The van der Waals surface area contributed by atoms with Crippen molar-refractivity contribution in [2.45, 2.75) is 7.43 Å². The first kappa shape index (κ1) is 762. The Morgan fingerprint density at radius 1 is 1.00 bits per heavy atom. The van der Waals surface area contributed by atoms with E-state index >= 15 is 0 Å². The van der Waals surface area contributed by atoms with E-state index < -0.39 is 0 Å². The van der Waals surface area contributed by atoms with Gasteiger partial charge in [0.05, 0.1) is 8.41 Å². The Hall–Kier alpha value is 0.242. The van der Waals surface area contributed by atoms with Crippen LogP contribution in [0, 0.1) is 0 Å². The van der Waals surface area contributed by atoms with Crippen molar-refractivity contribution < 1.29 is 5.48 Å². The molecule has 0 unspecified atom stereocenters. The zero-order valence-electron chi connectivity index (χ0n) is 0.500. The molecule has 0 atom stereocenters. The van der Waals surface area contributed by atoms with Gasteiger partial charge in [-0.25, -0.2) is 0 Å². The molecule has 0 rings (SSSR count). The van der Waals surface area contributed by atoms with Crippen LogP contribution < -0.4 is 0 Å². The van der Waals surface area contributed by atoms with Gasteiger partial charge in [0, 0.05) is 0 Å². The quantitative estimate of drug-likeness (QED) is 0.281. The van der Waals surface area contributed by atoms with Gasteiger partial charge in [-0.1, -0.05) is 7.43 Å². The monoisotopic (exact) mass is 80.1 g/mol. The highest BCUT2D eigenvalue weighted by atomic mass is 28.1. The van der Waals surface area contributed by atoms with Crippen molar-refractivity contribution in [1.29, 1.82) is 0 Å². The summed E-state index contributed by atoms with van der Waals surface area (Å²) in [5, 5.41) is 0. The molecule has 3 heteroatoms. The highest BCUT2D eigenvalue weighted by Crippen LogP contribution is 0.144. The molecule has 2 N–H and O–H groups in total. The first-order valence-corrected chi connectivity index (χ1v) is 0. The van der Waals surface area contributed by atoms with Crippen LogP contribution >= 0.6 is 0 Å². The molecule has 4 heavy (non-hydrogen) atoms. The molecule has 0 amide bonds. The minimum absolute atomic E-state index is 0. The van der Waals surface area contributed by atoms with E-state index in [0.29, 0.717) is 0 Å². The molecule has 0 aliphatic carbocycles. The molecule has 30 valence electrons. The zero-order valence-corrected chi connectivity index (χ0v) is 0.500. The maximum Gasteiger partial charge on any atom is 0.0814 e. The van der Waals surface area contributed by atoms with Gasteiger partial charge in [0.15, 0.2) is 0 Å². The van der Waals surface area contributed by atoms with Gasteiger partial charge >= 0.3 is 0 Å². The molecule has 1 nitrogen and oxygen atoms in total. The molecule has 0 aromatic carbocycles. The van der Waals surface area contributed by atoms with Crippen LogP contribution in [0.4, 0.5) is 0 Å². The second-order valence-electron chi connectivity index (χ2n) is 0. The first-order chi connectivity index (χ1) is 0. The fourth-order valence-electron chi connectivity index (χ4n) is 0. The summed E-state index contributed by atoms with van der Waals surface area (Å²) in [6, 6.07) is 0. The summed E-state index contributed by atoms with van der Waals surface area (Å²) in [4.78, 5) is 0. The molecule has 0 saturated heterocycles. The van der Waals surface area contributed by atoms with Gasteiger partial charge in [-0.15, -0.1) is 0 Å². The van der Waals surface area contributed by atoms with Crippen LogP contribution in [0.2, 0.25) is 0 Å². The van der Waals surface area contributed by atoms with Crippen molar-refractivity contribution in [1.82, 2.24) is 0 Å². The van der Waals surface area contributed by atoms with E-state index in [9.17, 15) is 0 Å². The van der Waals surface area contributed by atoms with Crippen molar-refractivity contribution in [3.63, 3.8) is 0 Å². The molecule has 0 radical (unpaired) electrons. The maximum absolute atomic E-state index is 0. The zero-order chi connectivity index (χ0) is 0. The van der Waals surface area contributed by atoms with Gasteiger partial charge in [-0.3, -0.25) is 0 Å². The second kappa shape index (κ2) is 279. The van der Waals surface area contributed by atoms with E-state index in [1.807, 2.05) is 0 Å². The summed E-state index contributed by atoms with van der Waals surface area (Å²) < 4.78 is 0. The molecule has 0 fully saturated rings. The highest BCUT2D eigenvalue weighted by Gasteiger charge is 0.0814. The van der Waals surface area contributed by atoms with E-state index in [2.05, 4.69) is 0 Å². The number of hydrogen-bond donors (Lipinski definition) is 0. The molecule has 0 saturated carbocycles. The topological polar surface area (TPSA) is 31.5 Å². The van der Waals surface area contributed by atoms with Gasteiger partial charge in [-0.05, 0) is 11.0 Å². The molecule has 0 bridgehead atoms. The lowest BCUT2D eigenvalue weighted by molar-refractivity contribution is 0.824. The van der Waals surface area contributed by atoms with E-state index in [4.69, 9.17) is 0 Å². The van der Waals surface area contributed by atoms with Crippen molar-refractivity contribution >= 4 is 19.4 Å². The maximum atomic E-state index is 0. The van der Waals surface area contributed by atoms with Crippen LogP contribution in [0.5, 0.6) is 0 Å². The minimum Gasteiger partial charge on any atom is -0.412 e. The second-order valence-corrected chi connectivity index (χ2v) is 0. The third kappa shape index (κ3) is 59.1. The van der Waals surface area contributed by atoms with Crippen LogP contribution in [0.15, 0.2) is 0 Å². The number of rotatable bonds is 0. The van der Waals surface area contributed by atoms with E-state index in [1.165, 1.54) is 0 Å².